The van der Waals surface area contributed by atoms with Gasteiger partial charge in [-0.15, -0.1) is 0 Å². The summed E-state index contributed by atoms with van der Waals surface area (Å²) in [6.07, 6.45) is 2.93. The molecule has 1 aliphatic rings. The van der Waals surface area contributed by atoms with Crippen molar-refractivity contribution < 1.29 is 8.42 Å². The van der Waals surface area contributed by atoms with Gasteiger partial charge in [0.05, 0.1) is 0 Å². The summed E-state index contributed by atoms with van der Waals surface area (Å²) in [6.45, 7) is 4.08. The van der Waals surface area contributed by atoms with E-state index in [4.69, 9.17) is 0 Å². The van der Waals surface area contributed by atoms with E-state index >= 15 is 0 Å². The summed E-state index contributed by atoms with van der Waals surface area (Å²) in [7, 11) is -1.46. The first kappa shape index (κ1) is 10.9. The van der Waals surface area contributed by atoms with Crippen LogP contribution in [0.25, 0.3) is 0 Å². The summed E-state index contributed by atoms with van der Waals surface area (Å²) in [6, 6.07) is 0. The highest BCUT2D eigenvalue weighted by Gasteiger charge is 2.29. The first-order chi connectivity index (χ1) is 6.09. The molecule has 1 rings (SSSR count). The molecule has 0 aromatic carbocycles. The van der Waals surface area contributed by atoms with Crippen molar-refractivity contribution in [2.45, 2.75) is 26.2 Å². The Kier molecular flexibility index (Phi) is 3.70. The van der Waals surface area contributed by atoms with E-state index in [1.807, 2.05) is 0 Å². The second kappa shape index (κ2) is 4.39. The van der Waals surface area contributed by atoms with Crippen molar-refractivity contribution in [1.82, 2.24) is 8.61 Å². The maximum atomic E-state index is 11.7. The summed E-state index contributed by atoms with van der Waals surface area (Å²) in [5, 5.41) is 0. The maximum Gasteiger partial charge on any atom is 0.281 e. The highest BCUT2D eigenvalue weighted by Crippen LogP contribution is 2.14. The number of hydrogen-bond acceptors (Lipinski definition) is 2. The first-order valence-electron chi connectivity index (χ1n) is 4.80. The van der Waals surface area contributed by atoms with Gasteiger partial charge in [-0.05, 0) is 12.8 Å². The molecule has 1 fully saturated rings. The van der Waals surface area contributed by atoms with E-state index in [2.05, 4.69) is 6.92 Å². The molecule has 1 saturated heterocycles. The largest absolute Gasteiger partial charge is 0.281 e. The Morgan fingerprint density at radius 3 is 2.62 bits per heavy atom. The average molecular weight is 206 g/mol. The molecular weight excluding hydrogens is 188 g/mol. The summed E-state index contributed by atoms with van der Waals surface area (Å²) < 4.78 is 26.4. The van der Waals surface area contributed by atoms with Gasteiger partial charge in [0.15, 0.2) is 0 Å². The normalized spacial score (nSPS) is 24.8. The fraction of sp³-hybridized carbons (Fsp3) is 1.00. The minimum Gasteiger partial charge on any atom is -0.195 e. The Morgan fingerprint density at radius 2 is 2.00 bits per heavy atom. The third-order valence-corrected chi connectivity index (χ3v) is 4.35. The second-order valence-electron chi connectivity index (χ2n) is 3.44. The molecule has 1 aliphatic heterocycles. The number of nitrogens with zero attached hydrogens (tertiary/aromatic N) is 2. The molecule has 0 saturated carbocycles. The Morgan fingerprint density at radius 1 is 1.31 bits per heavy atom. The van der Waals surface area contributed by atoms with E-state index in [0.717, 1.165) is 19.3 Å². The van der Waals surface area contributed by atoms with E-state index in [1.165, 1.54) is 4.31 Å². The zero-order valence-electron chi connectivity index (χ0n) is 8.36. The first-order valence-corrected chi connectivity index (χ1v) is 6.20. The molecule has 0 atom stereocenters. The lowest BCUT2D eigenvalue weighted by Gasteiger charge is -2.32. The van der Waals surface area contributed by atoms with Crippen LogP contribution in [0.1, 0.15) is 26.2 Å². The summed E-state index contributed by atoms with van der Waals surface area (Å²) >= 11 is 0. The molecule has 5 heteroatoms. The molecule has 0 amide bonds. The zero-order chi connectivity index (χ0) is 9.90. The molecule has 0 bridgehead atoms. The summed E-state index contributed by atoms with van der Waals surface area (Å²) in [5.74, 6) is 0. The number of hydrogen-bond donors (Lipinski definition) is 0. The summed E-state index contributed by atoms with van der Waals surface area (Å²) in [4.78, 5) is 0. The molecule has 0 N–H and O–H groups in total. The SMILES string of the molecule is CCCCN1CCCN(C)S1(=O)=O. The fourth-order valence-electron chi connectivity index (χ4n) is 1.46. The van der Waals surface area contributed by atoms with E-state index in [0.29, 0.717) is 19.6 Å². The van der Waals surface area contributed by atoms with Gasteiger partial charge in [0.2, 0.25) is 0 Å². The van der Waals surface area contributed by atoms with Crippen LogP contribution in [-0.4, -0.2) is 43.7 Å². The molecule has 0 unspecified atom stereocenters. The van der Waals surface area contributed by atoms with Gasteiger partial charge in [0, 0.05) is 26.7 Å². The van der Waals surface area contributed by atoms with Crippen LogP contribution < -0.4 is 0 Å². The standard InChI is InChI=1S/C8H18N2O2S/c1-3-4-7-10-8-5-6-9(2)13(10,11)12/h3-8H2,1-2H3. The van der Waals surface area contributed by atoms with Crippen molar-refractivity contribution in [2.75, 3.05) is 26.7 Å². The molecule has 13 heavy (non-hydrogen) atoms. The Labute approximate surface area is 80.7 Å². The Bertz CT molecular complexity index is 251. The topological polar surface area (TPSA) is 40.6 Å². The van der Waals surface area contributed by atoms with Gasteiger partial charge in [-0.3, -0.25) is 0 Å². The van der Waals surface area contributed by atoms with E-state index in [9.17, 15) is 8.42 Å². The molecule has 0 aliphatic carbocycles. The Balaban J connectivity index is 2.62. The van der Waals surface area contributed by atoms with Crippen molar-refractivity contribution >= 4 is 10.2 Å². The van der Waals surface area contributed by atoms with Crippen LogP contribution >= 0.6 is 0 Å². The molecule has 1 heterocycles. The van der Waals surface area contributed by atoms with Crippen LogP contribution in [0.2, 0.25) is 0 Å². The van der Waals surface area contributed by atoms with Gasteiger partial charge in [-0.1, -0.05) is 13.3 Å². The monoisotopic (exact) mass is 206 g/mol. The molecule has 0 aromatic heterocycles. The zero-order valence-corrected chi connectivity index (χ0v) is 9.18. The van der Waals surface area contributed by atoms with Crippen LogP contribution in [0.15, 0.2) is 0 Å². The van der Waals surface area contributed by atoms with Crippen molar-refractivity contribution in [2.24, 2.45) is 0 Å². The van der Waals surface area contributed by atoms with Crippen LogP contribution in [0, 0.1) is 0 Å². The minimum atomic E-state index is -3.11. The van der Waals surface area contributed by atoms with Gasteiger partial charge < -0.3 is 0 Å². The smallest absolute Gasteiger partial charge is 0.195 e. The highest BCUT2D eigenvalue weighted by molar-refractivity contribution is 7.86. The minimum absolute atomic E-state index is 0.658. The highest BCUT2D eigenvalue weighted by atomic mass is 32.2. The van der Waals surface area contributed by atoms with Crippen LogP contribution in [0.3, 0.4) is 0 Å². The number of rotatable bonds is 3. The molecule has 0 radical (unpaired) electrons. The predicted molar refractivity (Wildman–Crippen MR) is 52.6 cm³/mol. The second-order valence-corrected chi connectivity index (χ2v) is 5.47. The summed E-state index contributed by atoms with van der Waals surface area (Å²) in [5.41, 5.74) is 0. The molecule has 78 valence electrons. The fourth-order valence-corrected chi connectivity index (χ4v) is 2.93. The van der Waals surface area contributed by atoms with Crippen LogP contribution in [0.5, 0.6) is 0 Å². The average Bonchev–Trinajstić information content (AvgIpc) is 2.08. The molecule has 4 nitrogen and oxygen atoms in total. The van der Waals surface area contributed by atoms with E-state index in [-0.39, 0.29) is 0 Å². The third-order valence-electron chi connectivity index (χ3n) is 2.36. The van der Waals surface area contributed by atoms with Crippen LogP contribution in [-0.2, 0) is 10.2 Å². The van der Waals surface area contributed by atoms with Gasteiger partial charge in [0.1, 0.15) is 0 Å². The quantitative estimate of drug-likeness (QED) is 0.681. The van der Waals surface area contributed by atoms with Gasteiger partial charge >= 0.3 is 0 Å². The lowest BCUT2D eigenvalue weighted by atomic mass is 10.3. The van der Waals surface area contributed by atoms with Crippen LogP contribution in [0.4, 0.5) is 0 Å². The van der Waals surface area contributed by atoms with Gasteiger partial charge in [-0.25, -0.2) is 0 Å². The van der Waals surface area contributed by atoms with Crippen molar-refractivity contribution in [1.29, 1.82) is 0 Å². The third kappa shape index (κ3) is 2.42. The number of unbranched alkanes of at least 4 members (excludes halogenated alkanes) is 1. The van der Waals surface area contributed by atoms with Crippen molar-refractivity contribution in [3.05, 3.63) is 0 Å². The molecule has 0 spiro atoms. The van der Waals surface area contributed by atoms with Gasteiger partial charge in [-0.2, -0.15) is 17.0 Å². The predicted octanol–water partition coefficient (Wildman–Crippen LogP) is 0.669. The van der Waals surface area contributed by atoms with Gasteiger partial charge in [0.25, 0.3) is 10.2 Å². The molecular formula is C8H18N2O2S. The molecule has 0 aromatic rings. The van der Waals surface area contributed by atoms with Crippen molar-refractivity contribution in [3.63, 3.8) is 0 Å². The Hall–Kier alpha value is -0.130. The lowest BCUT2D eigenvalue weighted by Crippen LogP contribution is -2.47. The lowest BCUT2D eigenvalue weighted by molar-refractivity contribution is 0.304. The van der Waals surface area contributed by atoms with Crippen molar-refractivity contribution in [3.8, 4) is 0 Å². The van der Waals surface area contributed by atoms with E-state index in [1.54, 1.807) is 11.4 Å². The maximum absolute atomic E-state index is 11.7. The van der Waals surface area contributed by atoms with E-state index < -0.39 is 10.2 Å².